The van der Waals surface area contributed by atoms with Gasteiger partial charge in [-0.05, 0) is 95.7 Å². The van der Waals surface area contributed by atoms with Gasteiger partial charge in [-0.1, -0.05) is 37.6 Å². The standard InChI is InChI=1S/C29H26ClNO3/c1-28-11-9-19(32)13-17(28)5-8-20-23(28)10-12-29(2)24(20)14-21-25(29)22(15-31)27(33)34-26(21)16-3-6-18(30)7-4-16/h3-8,13,20,23-24H,9-12,14H2,1-2H3/t20-,23+,24+,28+,29+/m1/s1. The van der Waals surface area contributed by atoms with Gasteiger partial charge in [0.1, 0.15) is 17.4 Å². The Balaban J connectivity index is 1.52. The molecular formula is C29H26ClNO3. The maximum Gasteiger partial charge on any atom is 0.354 e. The van der Waals surface area contributed by atoms with E-state index in [1.807, 2.05) is 18.2 Å². The zero-order chi connectivity index (χ0) is 23.8. The summed E-state index contributed by atoms with van der Waals surface area (Å²) in [5, 5.41) is 10.6. The lowest BCUT2D eigenvalue weighted by atomic mass is 9.49. The van der Waals surface area contributed by atoms with E-state index in [-0.39, 0.29) is 28.1 Å². The molecule has 0 spiro atoms. The van der Waals surface area contributed by atoms with Crippen LogP contribution < -0.4 is 5.63 Å². The smallest absolute Gasteiger partial charge is 0.354 e. The van der Waals surface area contributed by atoms with E-state index in [0.29, 0.717) is 29.0 Å². The molecule has 1 aromatic carbocycles. The van der Waals surface area contributed by atoms with Crippen LogP contribution in [0.5, 0.6) is 0 Å². The predicted molar refractivity (Wildman–Crippen MR) is 130 cm³/mol. The van der Waals surface area contributed by atoms with Gasteiger partial charge in [-0.3, -0.25) is 4.79 Å². The molecule has 0 saturated heterocycles. The molecule has 4 nitrogen and oxygen atoms in total. The second-order valence-corrected chi connectivity index (χ2v) is 11.3. The number of fused-ring (bicyclic) bond motifs is 7. The van der Waals surface area contributed by atoms with Crippen molar-refractivity contribution in [2.24, 2.45) is 23.2 Å². The summed E-state index contributed by atoms with van der Waals surface area (Å²) >= 11 is 6.10. The molecule has 0 amide bonds. The summed E-state index contributed by atoms with van der Waals surface area (Å²) in [6, 6.07) is 9.52. The summed E-state index contributed by atoms with van der Waals surface area (Å²) in [5.41, 5.74) is 3.18. The second kappa shape index (κ2) is 7.30. The topological polar surface area (TPSA) is 71.1 Å². The van der Waals surface area contributed by atoms with Crippen LogP contribution in [-0.2, 0) is 16.6 Å². The Morgan fingerprint density at radius 3 is 2.59 bits per heavy atom. The second-order valence-electron chi connectivity index (χ2n) is 10.9. The monoisotopic (exact) mass is 471 g/mol. The Kier molecular flexibility index (Phi) is 4.64. The van der Waals surface area contributed by atoms with Gasteiger partial charge in [0, 0.05) is 22.6 Å². The van der Waals surface area contributed by atoms with E-state index in [4.69, 9.17) is 16.0 Å². The molecule has 1 fully saturated rings. The molecule has 4 aliphatic carbocycles. The van der Waals surface area contributed by atoms with Crippen LogP contribution in [0.1, 0.15) is 56.2 Å². The molecule has 172 valence electrons. The predicted octanol–water partition coefficient (Wildman–Crippen LogP) is 6.15. The largest absolute Gasteiger partial charge is 0.421 e. The summed E-state index contributed by atoms with van der Waals surface area (Å²) in [4.78, 5) is 25.1. The molecule has 1 saturated carbocycles. The lowest BCUT2D eigenvalue weighted by Crippen LogP contribution is -2.49. The van der Waals surface area contributed by atoms with Crippen molar-refractivity contribution in [2.75, 3.05) is 0 Å². The third kappa shape index (κ3) is 2.83. The summed E-state index contributed by atoms with van der Waals surface area (Å²) < 4.78 is 5.79. The van der Waals surface area contributed by atoms with Crippen molar-refractivity contribution in [2.45, 2.75) is 51.4 Å². The SMILES string of the molecule is C[C@]12CCC(=O)C=C1C=C[C@@H]1[C@@H]2CC[C@]2(C)c3c(c(-c4ccc(Cl)cc4)oc(=O)c3C#N)C[C@@H]12. The van der Waals surface area contributed by atoms with E-state index in [1.165, 1.54) is 5.57 Å². The minimum Gasteiger partial charge on any atom is -0.421 e. The first-order valence-corrected chi connectivity index (χ1v) is 12.4. The molecule has 1 aromatic heterocycles. The first kappa shape index (κ1) is 21.6. The van der Waals surface area contributed by atoms with Crippen LogP contribution in [0, 0.1) is 34.5 Å². The first-order chi connectivity index (χ1) is 16.3. The fourth-order valence-electron chi connectivity index (χ4n) is 7.56. The number of allylic oxidation sites excluding steroid dienone is 4. The Hall–Kier alpha value is -2.90. The maximum absolute atomic E-state index is 13.0. The van der Waals surface area contributed by atoms with Crippen molar-refractivity contribution in [1.82, 2.24) is 0 Å². The normalized spacial score (nSPS) is 33.3. The highest BCUT2D eigenvalue weighted by molar-refractivity contribution is 6.30. The molecule has 0 radical (unpaired) electrons. The van der Waals surface area contributed by atoms with Crippen molar-refractivity contribution in [3.63, 3.8) is 0 Å². The van der Waals surface area contributed by atoms with Crippen LogP contribution >= 0.6 is 11.6 Å². The number of benzene rings is 1. The van der Waals surface area contributed by atoms with Gasteiger partial charge >= 0.3 is 5.63 Å². The number of hydrogen-bond acceptors (Lipinski definition) is 4. The van der Waals surface area contributed by atoms with Gasteiger partial charge in [0.05, 0.1) is 0 Å². The molecular weight excluding hydrogens is 446 g/mol. The van der Waals surface area contributed by atoms with Crippen molar-refractivity contribution < 1.29 is 9.21 Å². The summed E-state index contributed by atoms with van der Waals surface area (Å²) in [6.45, 7) is 4.56. The van der Waals surface area contributed by atoms with Gasteiger partial charge in [-0.15, -0.1) is 0 Å². The number of hydrogen-bond donors (Lipinski definition) is 0. The summed E-state index contributed by atoms with van der Waals surface area (Å²) in [5.74, 6) is 1.82. The van der Waals surface area contributed by atoms with Gasteiger partial charge in [-0.25, -0.2) is 4.79 Å². The van der Waals surface area contributed by atoms with E-state index in [2.05, 4.69) is 32.1 Å². The number of nitriles is 1. The fourth-order valence-corrected chi connectivity index (χ4v) is 7.69. The highest BCUT2D eigenvalue weighted by atomic mass is 35.5. The Labute approximate surface area is 203 Å². The van der Waals surface area contributed by atoms with Gasteiger partial charge < -0.3 is 4.42 Å². The molecule has 6 rings (SSSR count). The summed E-state index contributed by atoms with van der Waals surface area (Å²) in [6.07, 6.45) is 10.5. The van der Waals surface area contributed by atoms with Crippen LogP contribution in [0.25, 0.3) is 11.3 Å². The maximum atomic E-state index is 13.0. The Bertz CT molecular complexity index is 1390. The lowest BCUT2D eigenvalue weighted by Gasteiger charge is -2.55. The molecule has 1 heterocycles. The van der Waals surface area contributed by atoms with Crippen LogP contribution in [0.3, 0.4) is 0 Å². The van der Waals surface area contributed by atoms with Crippen molar-refractivity contribution >= 4 is 17.4 Å². The van der Waals surface area contributed by atoms with Crippen LogP contribution in [-0.4, -0.2) is 5.78 Å². The minimum absolute atomic E-state index is 0.00539. The highest BCUT2D eigenvalue weighted by Gasteiger charge is 2.58. The Morgan fingerprint density at radius 2 is 1.85 bits per heavy atom. The highest BCUT2D eigenvalue weighted by Crippen LogP contribution is 2.63. The minimum atomic E-state index is -0.558. The van der Waals surface area contributed by atoms with E-state index in [0.717, 1.165) is 42.4 Å². The first-order valence-electron chi connectivity index (χ1n) is 12.1. The van der Waals surface area contributed by atoms with Crippen LogP contribution in [0.4, 0.5) is 0 Å². The molecule has 34 heavy (non-hydrogen) atoms. The average Bonchev–Trinajstić information content (AvgIpc) is 3.13. The molecule has 0 aliphatic heterocycles. The zero-order valence-corrected chi connectivity index (χ0v) is 20.1. The Morgan fingerprint density at radius 1 is 1.09 bits per heavy atom. The quantitative estimate of drug-likeness (QED) is 0.499. The van der Waals surface area contributed by atoms with Gasteiger partial charge in [0.2, 0.25) is 0 Å². The van der Waals surface area contributed by atoms with E-state index in [1.54, 1.807) is 12.1 Å². The van der Waals surface area contributed by atoms with Crippen molar-refractivity contribution in [3.8, 4) is 17.4 Å². The van der Waals surface area contributed by atoms with E-state index < -0.39 is 5.63 Å². The van der Waals surface area contributed by atoms with Crippen LogP contribution in [0.15, 0.2) is 57.3 Å². The van der Waals surface area contributed by atoms with E-state index >= 15 is 0 Å². The van der Waals surface area contributed by atoms with Crippen LogP contribution in [0.2, 0.25) is 5.02 Å². The van der Waals surface area contributed by atoms with E-state index in [9.17, 15) is 14.9 Å². The van der Waals surface area contributed by atoms with Gasteiger partial charge in [0.25, 0.3) is 0 Å². The molecule has 4 aliphatic rings. The number of nitrogens with zero attached hydrogens (tertiary/aromatic N) is 1. The number of carbonyl (C=O) groups excluding carboxylic acids is 1. The average molecular weight is 472 g/mol. The molecule has 5 heteroatoms. The third-order valence-corrected chi connectivity index (χ3v) is 9.60. The van der Waals surface area contributed by atoms with Gasteiger partial charge in [0.15, 0.2) is 5.78 Å². The molecule has 0 unspecified atom stereocenters. The lowest BCUT2D eigenvalue weighted by molar-refractivity contribution is -0.116. The third-order valence-electron chi connectivity index (χ3n) is 9.34. The molecule has 0 bridgehead atoms. The molecule has 2 aromatic rings. The number of carbonyl (C=O) groups is 1. The summed E-state index contributed by atoms with van der Waals surface area (Å²) in [7, 11) is 0. The number of halogens is 1. The zero-order valence-electron chi connectivity index (χ0n) is 19.4. The van der Waals surface area contributed by atoms with Crippen molar-refractivity contribution in [1.29, 1.82) is 5.26 Å². The number of rotatable bonds is 1. The fraction of sp³-hybridized carbons (Fsp3) is 0.414. The number of ketones is 1. The molecule has 5 atom stereocenters. The van der Waals surface area contributed by atoms with Gasteiger partial charge in [-0.2, -0.15) is 5.26 Å². The molecule has 0 N–H and O–H groups in total. The van der Waals surface area contributed by atoms with Crippen molar-refractivity contribution in [3.05, 3.63) is 80.2 Å².